The van der Waals surface area contributed by atoms with Crippen LogP contribution in [-0.4, -0.2) is 34.1 Å². The van der Waals surface area contributed by atoms with Gasteiger partial charge in [-0.05, 0) is 31.2 Å². The molecule has 2 N–H and O–H groups in total. The van der Waals surface area contributed by atoms with E-state index in [1.165, 1.54) is 0 Å². The summed E-state index contributed by atoms with van der Waals surface area (Å²) >= 11 is 3.36. The van der Waals surface area contributed by atoms with E-state index in [1.807, 2.05) is 44.4 Å². The van der Waals surface area contributed by atoms with Gasteiger partial charge in [0, 0.05) is 24.3 Å². The second-order valence-corrected chi connectivity index (χ2v) is 5.52. The van der Waals surface area contributed by atoms with Gasteiger partial charge in [0.05, 0.1) is 11.4 Å². The summed E-state index contributed by atoms with van der Waals surface area (Å²) < 4.78 is 8.25. The highest BCUT2D eigenvalue weighted by Gasteiger charge is 2.08. The number of hydrogen-bond acceptors (Lipinski definition) is 4. The number of nitrogens with one attached hydrogen (secondary N) is 1. The van der Waals surface area contributed by atoms with Crippen LogP contribution in [0.25, 0.3) is 0 Å². The van der Waals surface area contributed by atoms with Crippen LogP contribution >= 0.6 is 15.9 Å². The SMILES string of the molecule is Cc1nn(C)cc1NCC(O)COc1ccc(Br)cc1. The quantitative estimate of drug-likeness (QED) is 0.848. The number of anilines is 1. The van der Waals surface area contributed by atoms with Crippen molar-refractivity contribution < 1.29 is 9.84 Å². The Morgan fingerprint density at radius 3 is 2.70 bits per heavy atom. The number of halogens is 1. The molecule has 0 amide bonds. The molecule has 1 aromatic carbocycles. The van der Waals surface area contributed by atoms with Gasteiger partial charge < -0.3 is 15.2 Å². The molecule has 1 unspecified atom stereocenters. The third-order valence-electron chi connectivity index (χ3n) is 2.80. The summed E-state index contributed by atoms with van der Waals surface area (Å²) in [5.74, 6) is 0.741. The van der Waals surface area contributed by atoms with Crippen molar-refractivity contribution in [2.24, 2.45) is 7.05 Å². The largest absolute Gasteiger partial charge is 0.491 e. The standard InChI is InChI=1S/C14H18BrN3O2/c1-10-14(8-18(2)17-10)16-7-12(19)9-20-13-5-3-11(15)4-6-13/h3-6,8,12,16,19H,7,9H2,1-2H3. The van der Waals surface area contributed by atoms with Gasteiger partial charge in [0.2, 0.25) is 0 Å². The minimum atomic E-state index is -0.585. The molecule has 0 fully saturated rings. The zero-order valence-corrected chi connectivity index (χ0v) is 13.1. The second-order valence-electron chi connectivity index (χ2n) is 4.60. The van der Waals surface area contributed by atoms with Crippen LogP contribution in [0.2, 0.25) is 0 Å². The van der Waals surface area contributed by atoms with Crippen LogP contribution in [0.4, 0.5) is 5.69 Å². The maximum atomic E-state index is 9.90. The number of aliphatic hydroxyl groups excluding tert-OH is 1. The summed E-state index contributed by atoms with van der Waals surface area (Å²) in [6.07, 6.45) is 1.30. The van der Waals surface area contributed by atoms with Crippen LogP contribution < -0.4 is 10.1 Å². The maximum absolute atomic E-state index is 9.90. The van der Waals surface area contributed by atoms with Crippen molar-refractivity contribution in [1.82, 2.24) is 9.78 Å². The van der Waals surface area contributed by atoms with E-state index < -0.39 is 6.10 Å². The zero-order valence-electron chi connectivity index (χ0n) is 11.5. The Morgan fingerprint density at radius 1 is 1.40 bits per heavy atom. The maximum Gasteiger partial charge on any atom is 0.119 e. The van der Waals surface area contributed by atoms with E-state index in [2.05, 4.69) is 26.3 Å². The highest BCUT2D eigenvalue weighted by Crippen LogP contribution is 2.16. The fourth-order valence-corrected chi connectivity index (χ4v) is 2.05. The molecule has 1 heterocycles. The third kappa shape index (κ3) is 4.25. The second kappa shape index (κ2) is 6.76. The number of aryl methyl sites for hydroxylation is 2. The molecule has 0 aliphatic heterocycles. The number of benzene rings is 1. The summed E-state index contributed by atoms with van der Waals surface area (Å²) in [6.45, 7) is 2.59. The number of nitrogens with zero attached hydrogens (tertiary/aromatic N) is 2. The number of hydrogen-bond donors (Lipinski definition) is 2. The van der Waals surface area contributed by atoms with E-state index in [1.54, 1.807) is 4.68 Å². The third-order valence-corrected chi connectivity index (χ3v) is 3.33. The predicted molar refractivity (Wildman–Crippen MR) is 82.1 cm³/mol. The van der Waals surface area contributed by atoms with Crippen molar-refractivity contribution in [1.29, 1.82) is 0 Å². The summed E-state index contributed by atoms with van der Waals surface area (Å²) in [6, 6.07) is 7.52. The molecule has 6 heteroatoms. The number of aromatic nitrogens is 2. The first kappa shape index (κ1) is 14.9. The molecule has 1 aromatic heterocycles. The van der Waals surface area contributed by atoms with Gasteiger partial charge in [0.1, 0.15) is 18.5 Å². The topological polar surface area (TPSA) is 59.3 Å². The summed E-state index contributed by atoms with van der Waals surface area (Å²) in [5.41, 5.74) is 1.84. The van der Waals surface area contributed by atoms with Crippen LogP contribution in [0, 0.1) is 6.92 Å². The molecule has 0 aliphatic carbocycles. The average Bonchev–Trinajstić information content (AvgIpc) is 2.74. The zero-order chi connectivity index (χ0) is 14.5. The normalized spacial score (nSPS) is 12.2. The molecular weight excluding hydrogens is 322 g/mol. The van der Waals surface area contributed by atoms with E-state index in [-0.39, 0.29) is 6.61 Å². The summed E-state index contributed by atoms with van der Waals surface area (Å²) in [5, 5.41) is 17.3. The van der Waals surface area contributed by atoms with Gasteiger partial charge in [-0.25, -0.2) is 0 Å². The van der Waals surface area contributed by atoms with Crippen LogP contribution in [0.3, 0.4) is 0 Å². The Kier molecular flexibility index (Phi) is 5.03. The Bertz CT molecular complexity index is 554. The minimum absolute atomic E-state index is 0.244. The Morgan fingerprint density at radius 2 is 2.10 bits per heavy atom. The monoisotopic (exact) mass is 339 g/mol. The fourth-order valence-electron chi connectivity index (χ4n) is 1.78. The van der Waals surface area contributed by atoms with E-state index in [0.717, 1.165) is 21.6 Å². The van der Waals surface area contributed by atoms with Gasteiger partial charge in [-0.1, -0.05) is 15.9 Å². The van der Waals surface area contributed by atoms with Gasteiger partial charge in [-0.2, -0.15) is 5.10 Å². The van der Waals surface area contributed by atoms with Gasteiger partial charge in [0.25, 0.3) is 0 Å². The lowest BCUT2D eigenvalue weighted by atomic mass is 10.3. The Labute approximate surface area is 126 Å². The van der Waals surface area contributed by atoms with E-state index >= 15 is 0 Å². The summed E-state index contributed by atoms with van der Waals surface area (Å²) in [4.78, 5) is 0. The van der Waals surface area contributed by atoms with E-state index in [9.17, 15) is 5.11 Å². The first-order chi connectivity index (χ1) is 9.54. The van der Waals surface area contributed by atoms with E-state index in [0.29, 0.717) is 6.54 Å². The predicted octanol–water partition coefficient (Wildman–Crippen LogP) is 2.34. The minimum Gasteiger partial charge on any atom is -0.491 e. The first-order valence-electron chi connectivity index (χ1n) is 6.35. The molecular formula is C14H18BrN3O2. The van der Waals surface area contributed by atoms with Gasteiger partial charge in [-0.15, -0.1) is 0 Å². The van der Waals surface area contributed by atoms with Crippen molar-refractivity contribution in [2.45, 2.75) is 13.0 Å². The van der Waals surface area contributed by atoms with Gasteiger partial charge in [-0.3, -0.25) is 4.68 Å². The smallest absolute Gasteiger partial charge is 0.119 e. The van der Waals surface area contributed by atoms with Crippen molar-refractivity contribution in [3.63, 3.8) is 0 Å². The van der Waals surface area contributed by atoms with Crippen LogP contribution in [0.15, 0.2) is 34.9 Å². The Balaban J connectivity index is 1.76. The molecule has 0 spiro atoms. The molecule has 0 bridgehead atoms. The number of rotatable bonds is 6. The molecule has 108 valence electrons. The van der Waals surface area contributed by atoms with Crippen molar-refractivity contribution in [3.05, 3.63) is 40.6 Å². The van der Waals surface area contributed by atoms with Crippen molar-refractivity contribution >= 4 is 21.6 Å². The van der Waals surface area contributed by atoms with Crippen LogP contribution in [0.1, 0.15) is 5.69 Å². The molecule has 1 atom stereocenters. The highest BCUT2D eigenvalue weighted by molar-refractivity contribution is 9.10. The number of aliphatic hydroxyl groups is 1. The highest BCUT2D eigenvalue weighted by atomic mass is 79.9. The first-order valence-corrected chi connectivity index (χ1v) is 7.14. The fraction of sp³-hybridized carbons (Fsp3) is 0.357. The lowest BCUT2D eigenvalue weighted by Gasteiger charge is -2.13. The molecule has 0 radical (unpaired) electrons. The van der Waals surface area contributed by atoms with Crippen LogP contribution in [-0.2, 0) is 7.05 Å². The molecule has 2 rings (SSSR count). The molecule has 5 nitrogen and oxygen atoms in total. The van der Waals surface area contributed by atoms with Crippen molar-refractivity contribution in [3.8, 4) is 5.75 Å². The van der Waals surface area contributed by atoms with Gasteiger partial charge >= 0.3 is 0 Å². The lowest BCUT2D eigenvalue weighted by molar-refractivity contribution is 0.117. The Hall–Kier alpha value is -1.53. The van der Waals surface area contributed by atoms with Crippen molar-refractivity contribution in [2.75, 3.05) is 18.5 Å². The molecule has 0 saturated heterocycles. The molecule has 2 aromatic rings. The van der Waals surface area contributed by atoms with E-state index in [4.69, 9.17) is 4.74 Å². The molecule has 0 aliphatic rings. The summed E-state index contributed by atoms with van der Waals surface area (Å²) in [7, 11) is 1.87. The molecule has 0 saturated carbocycles. The van der Waals surface area contributed by atoms with Crippen LogP contribution in [0.5, 0.6) is 5.75 Å². The van der Waals surface area contributed by atoms with Gasteiger partial charge in [0.15, 0.2) is 0 Å². The average molecular weight is 340 g/mol. The lowest BCUT2D eigenvalue weighted by Crippen LogP contribution is -2.26. The molecule has 20 heavy (non-hydrogen) atoms. The number of ether oxygens (including phenoxy) is 1.